The summed E-state index contributed by atoms with van der Waals surface area (Å²) >= 11 is 0. The molecule has 0 spiro atoms. The van der Waals surface area contributed by atoms with Crippen LogP contribution < -0.4 is 4.74 Å². The van der Waals surface area contributed by atoms with E-state index in [1.807, 2.05) is 38.2 Å². The van der Waals surface area contributed by atoms with Gasteiger partial charge in [0, 0.05) is 23.5 Å². The van der Waals surface area contributed by atoms with Gasteiger partial charge in [0.1, 0.15) is 17.8 Å². The van der Waals surface area contributed by atoms with Crippen molar-refractivity contribution in [1.82, 2.24) is 29.9 Å². The quantitative estimate of drug-likeness (QED) is 0.529. The molecule has 0 fully saturated rings. The van der Waals surface area contributed by atoms with E-state index >= 15 is 0 Å². The Labute approximate surface area is 155 Å². The summed E-state index contributed by atoms with van der Waals surface area (Å²) in [4.78, 5) is 9.12. The lowest BCUT2D eigenvalue weighted by atomic mass is 10.0. The van der Waals surface area contributed by atoms with Gasteiger partial charge in [0.15, 0.2) is 0 Å². The van der Waals surface area contributed by atoms with Crippen LogP contribution in [0.4, 0.5) is 0 Å². The molecule has 0 radical (unpaired) electrons. The predicted octanol–water partition coefficient (Wildman–Crippen LogP) is 3.35. The number of imidazole rings is 1. The number of aromatic amines is 1. The summed E-state index contributed by atoms with van der Waals surface area (Å²) < 4.78 is 12.9. The first-order valence-corrected chi connectivity index (χ1v) is 8.77. The first-order chi connectivity index (χ1) is 13.2. The SMILES string of the molecule is COc1ccc2c(c1)-c1[nH]ncc1Cc1c(-c3noc(C(C)C)n3)ncn1-2. The van der Waals surface area contributed by atoms with Crippen LogP contribution in [0.3, 0.4) is 0 Å². The summed E-state index contributed by atoms with van der Waals surface area (Å²) in [5.41, 5.74) is 5.80. The van der Waals surface area contributed by atoms with Crippen molar-refractivity contribution in [3.05, 3.63) is 47.9 Å². The molecule has 5 rings (SSSR count). The molecule has 0 unspecified atom stereocenters. The highest BCUT2D eigenvalue weighted by atomic mass is 16.5. The molecular formula is C19H18N6O2. The highest BCUT2D eigenvalue weighted by molar-refractivity contribution is 5.77. The van der Waals surface area contributed by atoms with Gasteiger partial charge in [-0.1, -0.05) is 19.0 Å². The molecule has 0 saturated heterocycles. The average Bonchev–Trinajstić information content (AvgIpc) is 3.39. The summed E-state index contributed by atoms with van der Waals surface area (Å²) in [7, 11) is 1.66. The van der Waals surface area contributed by atoms with E-state index < -0.39 is 0 Å². The maximum atomic E-state index is 5.41. The van der Waals surface area contributed by atoms with Gasteiger partial charge in [0.2, 0.25) is 11.7 Å². The Morgan fingerprint density at radius 3 is 2.96 bits per heavy atom. The third kappa shape index (κ3) is 2.37. The van der Waals surface area contributed by atoms with Crippen molar-refractivity contribution in [1.29, 1.82) is 0 Å². The summed E-state index contributed by atoms with van der Waals surface area (Å²) in [5.74, 6) is 2.07. The molecule has 1 aliphatic rings. The molecule has 0 bridgehead atoms. The number of hydrogen-bond donors (Lipinski definition) is 1. The maximum absolute atomic E-state index is 5.41. The molecule has 136 valence electrons. The molecule has 1 N–H and O–H groups in total. The highest BCUT2D eigenvalue weighted by Gasteiger charge is 2.26. The number of aromatic nitrogens is 6. The number of ether oxygens (including phenoxy) is 1. The van der Waals surface area contributed by atoms with Gasteiger partial charge < -0.3 is 13.8 Å². The fourth-order valence-corrected chi connectivity index (χ4v) is 3.41. The Bertz CT molecular complexity index is 1140. The summed E-state index contributed by atoms with van der Waals surface area (Å²) in [6.45, 7) is 4.04. The average molecular weight is 362 g/mol. The van der Waals surface area contributed by atoms with Gasteiger partial charge in [-0.25, -0.2) is 4.98 Å². The topological polar surface area (TPSA) is 94.7 Å². The molecule has 0 atom stereocenters. The molecule has 4 heterocycles. The molecular weight excluding hydrogens is 344 g/mol. The standard InChI is InChI=1S/C19H18N6O2/c1-10(2)19-22-18(24-27-19)17-15-6-11-8-21-23-16(11)13-7-12(26-3)4-5-14(13)25(15)9-20-17/h4-5,7-10H,6H2,1-3H3,(H,21,23). The molecule has 0 amide bonds. The van der Waals surface area contributed by atoms with Gasteiger partial charge in [-0.2, -0.15) is 10.1 Å². The monoisotopic (exact) mass is 362 g/mol. The van der Waals surface area contributed by atoms with Gasteiger partial charge >= 0.3 is 0 Å². The third-order valence-electron chi connectivity index (χ3n) is 4.82. The largest absolute Gasteiger partial charge is 0.497 e. The van der Waals surface area contributed by atoms with E-state index in [2.05, 4.69) is 29.9 Å². The molecule has 0 aliphatic carbocycles. The van der Waals surface area contributed by atoms with Crippen molar-refractivity contribution in [2.75, 3.05) is 7.11 Å². The van der Waals surface area contributed by atoms with Crippen LogP contribution in [-0.4, -0.2) is 37.0 Å². The number of fused-ring (bicyclic) bond motifs is 5. The summed E-state index contributed by atoms with van der Waals surface area (Å²) in [6, 6.07) is 5.97. The number of benzene rings is 1. The number of nitrogens with zero attached hydrogens (tertiary/aromatic N) is 5. The minimum atomic E-state index is 0.168. The third-order valence-corrected chi connectivity index (χ3v) is 4.82. The molecule has 8 heteroatoms. The fraction of sp³-hybridized carbons (Fsp3) is 0.263. The molecule has 8 nitrogen and oxygen atoms in total. The predicted molar refractivity (Wildman–Crippen MR) is 97.9 cm³/mol. The molecule has 27 heavy (non-hydrogen) atoms. The number of nitrogens with one attached hydrogen (secondary N) is 1. The Morgan fingerprint density at radius 2 is 2.19 bits per heavy atom. The number of hydrogen-bond acceptors (Lipinski definition) is 6. The smallest absolute Gasteiger partial charge is 0.229 e. The van der Waals surface area contributed by atoms with Crippen molar-refractivity contribution in [3.63, 3.8) is 0 Å². The van der Waals surface area contributed by atoms with Crippen molar-refractivity contribution in [2.45, 2.75) is 26.2 Å². The van der Waals surface area contributed by atoms with E-state index in [9.17, 15) is 0 Å². The zero-order valence-corrected chi connectivity index (χ0v) is 15.2. The Balaban J connectivity index is 1.73. The van der Waals surface area contributed by atoms with E-state index in [4.69, 9.17) is 9.26 Å². The van der Waals surface area contributed by atoms with Gasteiger partial charge in [-0.15, -0.1) is 0 Å². The van der Waals surface area contributed by atoms with Gasteiger partial charge in [-0.05, 0) is 18.2 Å². The van der Waals surface area contributed by atoms with E-state index in [-0.39, 0.29) is 5.92 Å². The van der Waals surface area contributed by atoms with Crippen LogP contribution in [0, 0.1) is 0 Å². The molecule has 1 aliphatic heterocycles. The lowest BCUT2D eigenvalue weighted by Crippen LogP contribution is -2.00. The van der Waals surface area contributed by atoms with E-state index in [1.54, 1.807) is 13.4 Å². The maximum Gasteiger partial charge on any atom is 0.229 e. The van der Waals surface area contributed by atoms with E-state index in [0.29, 0.717) is 18.1 Å². The lowest BCUT2D eigenvalue weighted by Gasteiger charge is -2.11. The number of rotatable bonds is 3. The molecule has 4 aromatic rings. The van der Waals surface area contributed by atoms with Gasteiger partial charge in [0.25, 0.3) is 0 Å². The summed E-state index contributed by atoms with van der Waals surface area (Å²) in [6.07, 6.45) is 4.31. The number of H-pyrrole nitrogens is 1. The van der Waals surface area contributed by atoms with Crippen molar-refractivity contribution >= 4 is 0 Å². The minimum Gasteiger partial charge on any atom is -0.497 e. The van der Waals surface area contributed by atoms with Crippen molar-refractivity contribution < 1.29 is 9.26 Å². The van der Waals surface area contributed by atoms with Crippen LogP contribution in [0.5, 0.6) is 5.75 Å². The van der Waals surface area contributed by atoms with Gasteiger partial charge in [-0.3, -0.25) is 5.10 Å². The zero-order valence-electron chi connectivity index (χ0n) is 15.2. The van der Waals surface area contributed by atoms with Crippen LogP contribution >= 0.6 is 0 Å². The Kier molecular flexibility index (Phi) is 3.40. The second kappa shape index (κ2) is 5.80. The minimum absolute atomic E-state index is 0.168. The normalized spacial score (nSPS) is 12.4. The Hall–Kier alpha value is -3.42. The van der Waals surface area contributed by atoms with Crippen molar-refractivity contribution in [3.8, 4) is 34.2 Å². The van der Waals surface area contributed by atoms with E-state index in [0.717, 1.165) is 39.6 Å². The van der Waals surface area contributed by atoms with E-state index in [1.165, 1.54) is 0 Å². The van der Waals surface area contributed by atoms with Crippen LogP contribution in [-0.2, 0) is 6.42 Å². The fourth-order valence-electron chi connectivity index (χ4n) is 3.41. The zero-order chi connectivity index (χ0) is 18.5. The molecule has 1 aromatic carbocycles. The second-order valence-corrected chi connectivity index (χ2v) is 6.85. The van der Waals surface area contributed by atoms with Crippen LogP contribution in [0.15, 0.2) is 35.2 Å². The molecule has 0 saturated carbocycles. The first kappa shape index (κ1) is 15.8. The first-order valence-electron chi connectivity index (χ1n) is 8.77. The van der Waals surface area contributed by atoms with Crippen LogP contribution in [0.25, 0.3) is 28.5 Å². The van der Waals surface area contributed by atoms with Crippen LogP contribution in [0.2, 0.25) is 0 Å². The summed E-state index contributed by atoms with van der Waals surface area (Å²) in [5, 5.41) is 11.5. The van der Waals surface area contributed by atoms with Crippen molar-refractivity contribution in [2.24, 2.45) is 0 Å². The van der Waals surface area contributed by atoms with Crippen LogP contribution in [0.1, 0.15) is 36.9 Å². The lowest BCUT2D eigenvalue weighted by molar-refractivity contribution is 0.365. The highest BCUT2D eigenvalue weighted by Crippen LogP contribution is 2.38. The molecule has 3 aromatic heterocycles. The number of methoxy groups -OCH3 is 1. The Morgan fingerprint density at radius 1 is 1.30 bits per heavy atom. The van der Waals surface area contributed by atoms with Gasteiger partial charge in [0.05, 0.1) is 30.4 Å². The second-order valence-electron chi connectivity index (χ2n) is 6.85.